The van der Waals surface area contributed by atoms with E-state index in [1.165, 1.54) is 0 Å². The third-order valence-electron chi connectivity index (χ3n) is 2.32. The molecule has 0 saturated carbocycles. The monoisotopic (exact) mass is 208 g/mol. The highest BCUT2D eigenvalue weighted by Crippen LogP contribution is 2.17. The summed E-state index contributed by atoms with van der Waals surface area (Å²) < 4.78 is 0. The summed E-state index contributed by atoms with van der Waals surface area (Å²) in [5.74, 6) is 0.829. The third-order valence-corrected chi connectivity index (χ3v) is 2.89. The second-order valence-electron chi connectivity index (χ2n) is 3.25. The first kappa shape index (κ1) is 9.52. The lowest BCUT2D eigenvalue weighted by Crippen LogP contribution is -2.37. The average molecular weight is 208 g/mol. The molecule has 0 bridgehead atoms. The van der Waals surface area contributed by atoms with Gasteiger partial charge in [0.25, 0.3) is 5.91 Å². The van der Waals surface area contributed by atoms with Crippen molar-refractivity contribution in [2.45, 2.75) is 6.42 Å². The van der Waals surface area contributed by atoms with Gasteiger partial charge in [-0.15, -0.1) is 11.8 Å². The number of aromatic nitrogens is 1. The predicted octanol–water partition coefficient (Wildman–Crippen LogP) is 1.40. The van der Waals surface area contributed by atoms with Crippen LogP contribution in [-0.2, 0) is 6.42 Å². The Balaban J connectivity index is 2.27. The zero-order chi connectivity index (χ0) is 9.97. The summed E-state index contributed by atoms with van der Waals surface area (Å²) >= 11 is 1.66. The van der Waals surface area contributed by atoms with E-state index in [0.29, 0.717) is 5.69 Å². The smallest absolute Gasteiger partial charge is 0.273 e. The number of fused-ring (bicyclic) bond motifs is 1. The summed E-state index contributed by atoms with van der Waals surface area (Å²) in [6, 6.07) is 3.87. The number of amides is 1. The fourth-order valence-electron chi connectivity index (χ4n) is 1.62. The first-order valence-electron chi connectivity index (χ1n) is 4.55. The molecule has 2 heterocycles. The van der Waals surface area contributed by atoms with Crippen molar-refractivity contribution in [3.8, 4) is 0 Å². The van der Waals surface area contributed by atoms with Gasteiger partial charge in [-0.1, -0.05) is 6.07 Å². The van der Waals surface area contributed by atoms with E-state index in [2.05, 4.69) is 4.98 Å². The van der Waals surface area contributed by atoms with E-state index in [0.717, 1.165) is 24.4 Å². The second kappa shape index (κ2) is 4.00. The molecular weight excluding hydrogens is 196 g/mol. The first-order chi connectivity index (χ1) is 6.83. The van der Waals surface area contributed by atoms with E-state index in [4.69, 9.17) is 0 Å². The average Bonchev–Trinajstić information content (AvgIpc) is 2.23. The Labute approximate surface area is 87.5 Å². The van der Waals surface area contributed by atoms with Crippen molar-refractivity contribution < 1.29 is 4.79 Å². The number of hydrogen-bond acceptors (Lipinski definition) is 3. The molecule has 0 unspecified atom stereocenters. The molecule has 4 heteroatoms. The van der Waals surface area contributed by atoms with Crippen LogP contribution in [0.15, 0.2) is 18.3 Å². The van der Waals surface area contributed by atoms with Crippen LogP contribution in [0.3, 0.4) is 0 Å². The molecule has 1 amide bonds. The Morgan fingerprint density at radius 3 is 3.29 bits per heavy atom. The van der Waals surface area contributed by atoms with Crippen molar-refractivity contribution in [2.24, 2.45) is 0 Å². The summed E-state index contributed by atoms with van der Waals surface area (Å²) in [6.07, 6.45) is 4.61. The lowest BCUT2D eigenvalue weighted by Gasteiger charge is -2.26. The molecule has 0 atom stereocenters. The number of nitrogens with zero attached hydrogens (tertiary/aromatic N) is 2. The maximum absolute atomic E-state index is 11.9. The van der Waals surface area contributed by atoms with Gasteiger partial charge in [-0.25, -0.2) is 0 Å². The third kappa shape index (κ3) is 1.62. The second-order valence-corrected chi connectivity index (χ2v) is 4.08. The van der Waals surface area contributed by atoms with Crippen LogP contribution < -0.4 is 0 Å². The van der Waals surface area contributed by atoms with E-state index in [1.807, 2.05) is 23.3 Å². The van der Waals surface area contributed by atoms with Gasteiger partial charge in [-0.05, 0) is 24.3 Å². The molecule has 1 aromatic rings. The van der Waals surface area contributed by atoms with Gasteiger partial charge in [0.1, 0.15) is 5.69 Å². The predicted molar refractivity (Wildman–Crippen MR) is 57.4 cm³/mol. The van der Waals surface area contributed by atoms with Crippen molar-refractivity contribution >= 4 is 17.7 Å². The van der Waals surface area contributed by atoms with E-state index < -0.39 is 0 Å². The van der Waals surface area contributed by atoms with Gasteiger partial charge in [0.2, 0.25) is 0 Å². The molecule has 0 radical (unpaired) electrons. The summed E-state index contributed by atoms with van der Waals surface area (Å²) in [4.78, 5) is 17.8. The van der Waals surface area contributed by atoms with E-state index in [1.54, 1.807) is 18.0 Å². The Hall–Kier alpha value is -1.03. The number of carbonyl (C=O) groups is 1. The maximum atomic E-state index is 11.9. The quantitative estimate of drug-likeness (QED) is 0.736. The minimum atomic E-state index is 0.0706. The van der Waals surface area contributed by atoms with Crippen LogP contribution in [0.25, 0.3) is 0 Å². The number of hydrogen-bond donors (Lipinski definition) is 0. The topological polar surface area (TPSA) is 33.2 Å². The van der Waals surface area contributed by atoms with Gasteiger partial charge < -0.3 is 4.90 Å². The number of carbonyl (C=O) groups excluding carboxylic acids is 1. The van der Waals surface area contributed by atoms with Crippen LogP contribution in [0.4, 0.5) is 0 Å². The zero-order valence-electron chi connectivity index (χ0n) is 8.06. The van der Waals surface area contributed by atoms with Crippen molar-refractivity contribution in [1.29, 1.82) is 0 Å². The molecule has 1 aromatic heterocycles. The highest BCUT2D eigenvalue weighted by atomic mass is 32.2. The molecule has 0 spiro atoms. The van der Waals surface area contributed by atoms with Crippen LogP contribution >= 0.6 is 11.8 Å². The van der Waals surface area contributed by atoms with Gasteiger partial charge in [0.05, 0.1) is 5.88 Å². The number of thioether (sulfide) groups is 1. The van der Waals surface area contributed by atoms with Crippen molar-refractivity contribution in [2.75, 3.05) is 18.7 Å². The Morgan fingerprint density at radius 1 is 1.64 bits per heavy atom. The van der Waals surface area contributed by atoms with Crippen molar-refractivity contribution in [1.82, 2.24) is 9.88 Å². The lowest BCUT2D eigenvalue weighted by molar-refractivity contribution is 0.0765. The summed E-state index contributed by atoms with van der Waals surface area (Å²) in [7, 11) is 0. The Bertz CT molecular complexity index is 354. The largest absolute Gasteiger partial charge is 0.328 e. The summed E-state index contributed by atoms with van der Waals surface area (Å²) in [5.41, 5.74) is 1.71. The fourth-order valence-corrected chi connectivity index (χ4v) is 2.18. The highest BCUT2D eigenvalue weighted by molar-refractivity contribution is 7.98. The molecule has 0 fully saturated rings. The lowest BCUT2D eigenvalue weighted by atomic mass is 10.1. The van der Waals surface area contributed by atoms with Crippen LogP contribution in [0.2, 0.25) is 0 Å². The van der Waals surface area contributed by atoms with E-state index in [9.17, 15) is 4.79 Å². The molecule has 74 valence electrons. The van der Waals surface area contributed by atoms with Gasteiger partial charge in [-0.3, -0.25) is 9.78 Å². The zero-order valence-corrected chi connectivity index (χ0v) is 8.88. The van der Waals surface area contributed by atoms with Crippen LogP contribution in [-0.4, -0.2) is 34.5 Å². The number of rotatable bonds is 2. The van der Waals surface area contributed by atoms with E-state index >= 15 is 0 Å². The SMILES string of the molecule is CSCN1CCc2cccnc2C1=O. The normalized spacial score (nSPS) is 15.5. The molecule has 3 nitrogen and oxygen atoms in total. The van der Waals surface area contributed by atoms with Gasteiger partial charge in [-0.2, -0.15) is 0 Å². The highest BCUT2D eigenvalue weighted by Gasteiger charge is 2.24. The van der Waals surface area contributed by atoms with Crippen LogP contribution in [0.5, 0.6) is 0 Å². The molecule has 2 rings (SSSR count). The van der Waals surface area contributed by atoms with Crippen LogP contribution in [0, 0.1) is 0 Å². The standard InChI is InChI=1S/C10H12N2OS/c1-14-7-12-6-4-8-3-2-5-11-9(8)10(12)13/h2-3,5H,4,6-7H2,1H3. The summed E-state index contributed by atoms with van der Waals surface area (Å²) in [5, 5.41) is 0. The first-order valence-corrected chi connectivity index (χ1v) is 5.94. The summed E-state index contributed by atoms with van der Waals surface area (Å²) in [6.45, 7) is 0.818. The van der Waals surface area contributed by atoms with Gasteiger partial charge in [0, 0.05) is 12.7 Å². The van der Waals surface area contributed by atoms with Crippen LogP contribution in [0.1, 0.15) is 16.1 Å². The van der Waals surface area contributed by atoms with Gasteiger partial charge >= 0.3 is 0 Å². The molecule has 0 saturated heterocycles. The van der Waals surface area contributed by atoms with E-state index in [-0.39, 0.29) is 5.91 Å². The molecule has 0 N–H and O–H groups in total. The van der Waals surface area contributed by atoms with Crippen molar-refractivity contribution in [3.05, 3.63) is 29.6 Å². The molecule has 1 aliphatic rings. The fraction of sp³-hybridized carbons (Fsp3) is 0.400. The van der Waals surface area contributed by atoms with Gasteiger partial charge in [0.15, 0.2) is 0 Å². The molecule has 0 aliphatic carbocycles. The maximum Gasteiger partial charge on any atom is 0.273 e. The molecule has 14 heavy (non-hydrogen) atoms. The minimum Gasteiger partial charge on any atom is -0.328 e. The number of pyridine rings is 1. The molecular formula is C10H12N2OS. The molecule has 1 aliphatic heterocycles. The Kier molecular flexibility index (Phi) is 2.72. The van der Waals surface area contributed by atoms with Crippen molar-refractivity contribution in [3.63, 3.8) is 0 Å². The molecule has 0 aromatic carbocycles. The Morgan fingerprint density at radius 2 is 2.50 bits per heavy atom. The minimum absolute atomic E-state index is 0.0706.